The number of nitrogens with one attached hydrogen (secondary N) is 1. The van der Waals surface area contributed by atoms with Crippen LogP contribution < -0.4 is 19.5 Å². The van der Waals surface area contributed by atoms with Crippen LogP contribution in [-0.2, 0) is 4.79 Å². The summed E-state index contributed by atoms with van der Waals surface area (Å²) in [4.78, 5) is 16.2. The number of amides is 1. The number of hydrogen-bond acceptors (Lipinski definition) is 5. The first-order chi connectivity index (χ1) is 13.7. The maximum Gasteiger partial charge on any atom is 0.248 e. The molecule has 6 nitrogen and oxygen atoms in total. The number of anilines is 1. The van der Waals surface area contributed by atoms with Crippen LogP contribution in [0.5, 0.6) is 23.0 Å². The molecule has 0 aliphatic rings. The second-order valence-corrected chi connectivity index (χ2v) is 5.75. The highest BCUT2D eigenvalue weighted by Crippen LogP contribution is 2.28. The van der Waals surface area contributed by atoms with Gasteiger partial charge in [0.1, 0.15) is 11.5 Å². The van der Waals surface area contributed by atoms with Crippen molar-refractivity contribution >= 4 is 17.7 Å². The van der Waals surface area contributed by atoms with Gasteiger partial charge in [0.15, 0.2) is 11.5 Å². The molecule has 0 saturated heterocycles. The Labute approximate surface area is 163 Å². The standard InChI is InChI=1S/C22H20N2O4/c1-26-20-8-6-16(14-21(20)27-2)7-9-22(25)24-17-4-3-5-19(15-17)28-18-10-12-23-13-11-18/h3-15H,1-2H3,(H,24,25)/b9-7+. The average Bonchev–Trinajstić information content (AvgIpc) is 2.73. The van der Waals surface area contributed by atoms with Crippen LogP contribution in [0, 0.1) is 0 Å². The third kappa shape index (κ3) is 5.11. The summed E-state index contributed by atoms with van der Waals surface area (Å²) in [5.74, 6) is 2.27. The van der Waals surface area contributed by atoms with Crippen LogP contribution in [0.2, 0.25) is 0 Å². The summed E-state index contributed by atoms with van der Waals surface area (Å²) < 4.78 is 16.2. The minimum absolute atomic E-state index is 0.254. The molecule has 142 valence electrons. The van der Waals surface area contributed by atoms with Gasteiger partial charge in [0.05, 0.1) is 14.2 Å². The zero-order chi connectivity index (χ0) is 19.8. The summed E-state index contributed by atoms with van der Waals surface area (Å²) in [6.07, 6.45) is 6.46. The number of pyridine rings is 1. The molecule has 0 spiro atoms. The van der Waals surface area contributed by atoms with Crippen LogP contribution in [0.15, 0.2) is 73.1 Å². The SMILES string of the molecule is COc1ccc(/C=C/C(=O)Nc2cccc(Oc3ccncc3)c2)cc1OC. The molecule has 1 aromatic heterocycles. The Morgan fingerprint density at radius 1 is 0.929 bits per heavy atom. The molecule has 0 atom stereocenters. The van der Waals surface area contributed by atoms with E-state index in [0.29, 0.717) is 28.7 Å². The Morgan fingerprint density at radius 2 is 1.71 bits per heavy atom. The van der Waals surface area contributed by atoms with E-state index in [4.69, 9.17) is 14.2 Å². The summed E-state index contributed by atoms with van der Waals surface area (Å²) >= 11 is 0. The highest BCUT2D eigenvalue weighted by atomic mass is 16.5. The summed E-state index contributed by atoms with van der Waals surface area (Å²) in [6, 6.07) is 16.1. The summed E-state index contributed by atoms with van der Waals surface area (Å²) in [5.41, 5.74) is 1.45. The first-order valence-electron chi connectivity index (χ1n) is 8.57. The van der Waals surface area contributed by atoms with E-state index in [-0.39, 0.29) is 5.91 Å². The highest BCUT2D eigenvalue weighted by molar-refractivity contribution is 6.02. The molecule has 1 N–H and O–H groups in total. The molecule has 6 heteroatoms. The van der Waals surface area contributed by atoms with Gasteiger partial charge in [-0.25, -0.2) is 0 Å². The first kappa shape index (κ1) is 19.0. The lowest BCUT2D eigenvalue weighted by atomic mass is 10.2. The lowest BCUT2D eigenvalue weighted by Crippen LogP contribution is -2.07. The van der Waals surface area contributed by atoms with Gasteiger partial charge in [0, 0.05) is 30.2 Å². The van der Waals surface area contributed by atoms with Gasteiger partial charge < -0.3 is 19.5 Å². The largest absolute Gasteiger partial charge is 0.493 e. The smallest absolute Gasteiger partial charge is 0.248 e. The molecule has 3 aromatic rings. The van der Waals surface area contributed by atoms with Crippen LogP contribution in [0.4, 0.5) is 5.69 Å². The first-order valence-corrected chi connectivity index (χ1v) is 8.57. The highest BCUT2D eigenvalue weighted by Gasteiger charge is 2.04. The number of carbonyl (C=O) groups excluding carboxylic acids is 1. The Bertz CT molecular complexity index is 971. The molecule has 1 heterocycles. The van der Waals surface area contributed by atoms with Crippen molar-refractivity contribution in [2.24, 2.45) is 0 Å². The Morgan fingerprint density at radius 3 is 2.46 bits per heavy atom. The molecular weight excluding hydrogens is 356 g/mol. The zero-order valence-electron chi connectivity index (χ0n) is 15.6. The molecule has 0 bridgehead atoms. The number of methoxy groups -OCH3 is 2. The van der Waals surface area contributed by atoms with Crippen LogP contribution in [0.25, 0.3) is 6.08 Å². The van der Waals surface area contributed by atoms with E-state index in [1.165, 1.54) is 6.08 Å². The van der Waals surface area contributed by atoms with Crippen LogP contribution >= 0.6 is 0 Å². The van der Waals surface area contributed by atoms with Crippen LogP contribution in [0.3, 0.4) is 0 Å². The minimum Gasteiger partial charge on any atom is -0.493 e. The molecule has 3 rings (SSSR count). The number of rotatable bonds is 7. The second-order valence-electron chi connectivity index (χ2n) is 5.75. The summed E-state index contributed by atoms with van der Waals surface area (Å²) in [5, 5.41) is 2.82. The normalized spacial score (nSPS) is 10.5. The number of ether oxygens (including phenoxy) is 3. The molecular formula is C22H20N2O4. The Hall–Kier alpha value is -3.80. The van der Waals surface area contributed by atoms with Crippen molar-refractivity contribution in [1.82, 2.24) is 4.98 Å². The molecule has 1 amide bonds. The van der Waals surface area contributed by atoms with E-state index < -0.39 is 0 Å². The van der Waals surface area contributed by atoms with Gasteiger partial charge in [-0.1, -0.05) is 12.1 Å². The molecule has 0 aliphatic heterocycles. The number of hydrogen-bond donors (Lipinski definition) is 1. The van der Waals surface area contributed by atoms with Crippen molar-refractivity contribution in [3.8, 4) is 23.0 Å². The quantitative estimate of drug-likeness (QED) is 0.613. The molecule has 0 aliphatic carbocycles. The maximum absolute atomic E-state index is 12.2. The minimum atomic E-state index is -0.254. The van der Waals surface area contributed by atoms with Crippen molar-refractivity contribution in [3.05, 3.63) is 78.6 Å². The molecule has 0 unspecified atom stereocenters. The predicted molar refractivity (Wildman–Crippen MR) is 108 cm³/mol. The van der Waals surface area contributed by atoms with E-state index in [2.05, 4.69) is 10.3 Å². The lowest BCUT2D eigenvalue weighted by molar-refractivity contribution is -0.111. The van der Waals surface area contributed by atoms with E-state index >= 15 is 0 Å². The van der Waals surface area contributed by atoms with Gasteiger partial charge in [-0.05, 0) is 48.0 Å². The van der Waals surface area contributed by atoms with Gasteiger partial charge in [0.2, 0.25) is 5.91 Å². The fourth-order valence-electron chi connectivity index (χ4n) is 2.49. The van der Waals surface area contributed by atoms with Crippen molar-refractivity contribution in [3.63, 3.8) is 0 Å². The third-order valence-electron chi connectivity index (χ3n) is 3.82. The average molecular weight is 376 g/mol. The van der Waals surface area contributed by atoms with Gasteiger partial charge in [-0.3, -0.25) is 9.78 Å². The number of benzene rings is 2. The number of aromatic nitrogens is 1. The lowest BCUT2D eigenvalue weighted by Gasteiger charge is -2.08. The maximum atomic E-state index is 12.2. The summed E-state index contributed by atoms with van der Waals surface area (Å²) in [6.45, 7) is 0. The topological polar surface area (TPSA) is 69.7 Å². The van der Waals surface area contributed by atoms with Crippen LogP contribution in [0.1, 0.15) is 5.56 Å². The van der Waals surface area contributed by atoms with Gasteiger partial charge >= 0.3 is 0 Å². The number of carbonyl (C=O) groups is 1. The van der Waals surface area contributed by atoms with Crippen molar-refractivity contribution in [1.29, 1.82) is 0 Å². The van der Waals surface area contributed by atoms with Crippen molar-refractivity contribution < 1.29 is 19.0 Å². The zero-order valence-corrected chi connectivity index (χ0v) is 15.6. The van der Waals surface area contributed by atoms with Crippen molar-refractivity contribution in [2.75, 3.05) is 19.5 Å². The molecule has 0 fully saturated rings. The van der Waals surface area contributed by atoms with E-state index in [1.54, 1.807) is 69.1 Å². The van der Waals surface area contributed by atoms with Gasteiger partial charge in [0.25, 0.3) is 0 Å². The molecule has 28 heavy (non-hydrogen) atoms. The van der Waals surface area contributed by atoms with E-state index in [1.807, 2.05) is 18.2 Å². The third-order valence-corrected chi connectivity index (χ3v) is 3.82. The molecule has 2 aromatic carbocycles. The predicted octanol–water partition coefficient (Wildman–Crippen LogP) is 4.54. The number of nitrogens with zero attached hydrogens (tertiary/aromatic N) is 1. The monoisotopic (exact) mass is 376 g/mol. The van der Waals surface area contributed by atoms with E-state index in [0.717, 1.165) is 5.56 Å². The molecule has 0 saturated carbocycles. The Kier molecular flexibility index (Phi) is 6.25. The van der Waals surface area contributed by atoms with Gasteiger partial charge in [-0.2, -0.15) is 0 Å². The van der Waals surface area contributed by atoms with Gasteiger partial charge in [-0.15, -0.1) is 0 Å². The fraction of sp³-hybridized carbons (Fsp3) is 0.0909. The van der Waals surface area contributed by atoms with Crippen molar-refractivity contribution in [2.45, 2.75) is 0 Å². The Balaban J connectivity index is 1.65. The summed E-state index contributed by atoms with van der Waals surface area (Å²) in [7, 11) is 3.15. The molecule has 0 radical (unpaired) electrons. The second kappa shape index (κ2) is 9.23. The fourth-order valence-corrected chi connectivity index (χ4v) is 2.49. The van der Waals surface area contributed by atoms with E-state index in [9.17, 15) is 4.79 Å². The van der Waals surface area contributed by atoms with Crippen LogP contribution in [-0.4, -0.2) is 25.1 Å².